The van der Waals surface area contributed by atoms with E-state index in [1.165, 1.54) is 30.3 Å². The van der Waals surface area contributed by atoms with E-state index in [-0.39, 0.29) is 36.6 Å². The van der Waals surface area contributed by atoms with Gasteiger partial charge in [0, 0.05) is 9.85 Å². The molecule has 0 radical (unpaired) electrons. The number of para-hydroxylation sites is 1. The predicted molar refractivity (Wildman–Crippen MR) is 101 cm³/mol. The second-order valence-corrected chi connectivity index (χ2v) is 5.46. The topological polar surface area (TPSA) is 110 Å². The van der Waals surface area contributed by atoms with E-state index in [2.05, 4.69) is 12.1 Å². The number of nitrogens with zero attached hydrogens (tertiary/aromatic N) is 2. The van der Waals surface area contributed by atoms with E-state index in [1.54, 1.807) is 12.1 Å². The van der Waals surface area contributed by atoms with Crippen LogP contribution in [0.25, 0.3) is 0 Å². The summed E-state index contributed by atoms with van der Waals surface area (Å²) in [6.07, 6.45) is 0. The second kappa shape index (κ2) is 10.8. The van der Waals surface area contributed by atoms with Crippen molar-refractivity contribution < 1.29 is 29.3 Å². The zero-order valence-electron chi connectivity index (χ0n) is 14.7. The molecule has 28 heavy (non-hydrogen) atoms. The summed E-state index contributed by atoms with van der Waals surface area (Å²) in [5.41, 5.74) is 2.47. The van der Waals surface area contributed by atoms with Gasteiger partial charge in [-0.1, -0.05) is 48.0 Å². The fraction of sp³-hybridized carbons (Fsp3) is 0.0500. The van der Waals surface area contributed by atoms with Gasteiger partial charge in [0.05, 0.1) is 0 Å². The minimum absolute atomic E-state index is 0. The zero-order chi connectivity index (χ0) is 19.8. The van der Waals surface area contributed by atoms with Crippen molar-refractivity contribution in [1.29, 1.82) is 5.41 Å². The Labute approximate surface area is 174 Å². The first-order chi connectivity index (χ1) is 12.9. The van der Waals surface area contributed by atoms with Crippen molar-refractivity contribution in [3.05, 3.63) is 116 Å². The van der Waals surface area contributed by atoms with E-state index in [0.717, 1.165) is 11.1 Å². The molecule has 0 saturated heterocycles. The van der Waals surface area contributed by atoms with E-state index in [1.807, 2.05) is 31.2 Å². The molecule has 7 nitrogen and oxygen atoms in total. The van der Waals surface area contributed by atoms with Crippen molar-refractivity contribution >= 4 is 17.1 Å². The summed E-state index contributed by atoms with van der Waals surface area (Å²) in [4.78, 5) is 19.7. The maximum absolute atomic E-state index is 10.7. The first-order valence-electron chi connectivity index (χ1n) is 7.81. The number of hydrogen-bond donors (Lipinski definition) is 1. The molecule has 0 spiro atoms. The fourth-order valence-corrected chi connectivity index (χ4v) is 2.09. The number of hydrogen-bond acceptors (Lipinski definition) is 5. The van der Waals surface area contributed by atoms with Crippen LogP contribution < -0.4 is 0 Å². The van der Waals surface area contributed by atoms with Crippen molar-refractivity contribution in [2.75, 3.05) is 0 Å². The number of nitrogens with one attached hydrogen (secondary N) is 1. The van der Waals surface area contributed by atoms with Crippen LogP contribution >= 0.6 is 0 Å². The Morgan fingerprint density at radius 3 is 2.11 bits per heavy atom. The normalized spacial score (nSPS) is 9.32. The first-order valence-corrected chi connectivity index (χ1v) is 7.81. The molecule has 0 heterocycles. The molecule has 0 aromatic heterocycles. The van der Waals surface area contributed by atoms with Gasteiger partial charge in [0.15, 0.2) is 11.4 Å². The molecule has 0 unspecified atom stereocenters. The van der Waals surface area contributed by atoms with Crippen molar-refractivity contribution in [3.8, 4) is 0 Å². The summed E-state index contributed by atoms with van der Waals surface area (Å²) in [7, 11) is 0. The molecular formula is C20H15N3O4Ru. The third kappa shape index (κ3) is 6.48. The van der Waals surface area contributed by atoms with Crippen LogP contribution in [-0.4, -0.2) is 15.6 Å². The standard InChI is InChI=1S/C14H11N2O2.C6H4NO2.Ru/c1-10-5-7-11(8-6-10)14(15)12-3-2-4-13(9-12)16(17)18;8-7(9)6-4-2-1-3-5-6;/h2,4-9,15H,1H3;1-4H;/q2*-1;+2. The van der Waals surface area contributed by atoms with Crippen LogP contribution in [0.15, 0.2) is 66.7 Å². The summed E-state index contributed by atoms with van der Waals surface area (Å²) in [5.74, 6) is 0. The Balaban J connectivity index is 0.000000332. The van der Waals surface area contributed by atoms with Gasteiger partial charge >= 0.3 is 19.5 Å². The molecule has 3 rings (SSSR count). The third-order valence-corrected chi connectivity index (χ3v) is 3.49. The molecule has 0 aliphatic carbocycles. The van der Waals surface area contributed by atoms with E-state index in [4.69, 9.17) is 5.41 Å². The first kappa shape index (κ1) is 22.8. The largest absolute Gasteiger partial charge is 2.00 e. The Bertz CT molecular complexity index is 961. The maximum Gasteiger partial charge on any atom is 2.00 e. The van der Waals surface area contributed by atoms with Crippen LogP contribution in [-0.2, 0) is 19.5 Å². The molecule has 0 aliphatic heterocycles. The van der Waals surface area contributed by atoms with E-state index < -0.39 is 9.85 Å². The Hall–Kier alpha value is -3.25. The Morgan fingerprint density at radius 2 is 1.61 bits per heavy atom. The predicted octanol–water partition coefficient (Wildman–Crippen LogP) is 4.51. The van der Waals surface area contributed by atoms with E-state index >= 15 is 0 Å². The smallest absolute Gasteiger partial charge is 0.348 e. The molecule has 3 aromatic rings. The fourth-order valence-electron chi connectivity index (χ4n) is 2.09. The van der Waals surface area contributed by atoms with Gasteiger partial charge in [-0.2, -0.15) is 18.2 Å². The zero-order valence-corrected chi connectivity index (χ0v) is 16.5. The summed E-state index contributed by atoms with van der Waals surface area (Å²) >= 11 is 0. The molecule has 142 valence electrons. The van der Waals surface area contributed by atoms with Gasteiger partial charge in [0.1, 0.15) is 0 Å². The number of rotatable bonds is 4. The average Bonchev–Trinajstić information content (AvgIpc) is 2.69. The van der Waals surface area contributed by atoms with Crippen molar-refractivity contribution in [1.82, 2.24) is 0 Å². The SMILES string of the molecule is Cc1ccc(C(=N)c2[c-]ccc([N+](=O)[O-])c2)cc1.O=[N+]([O-])c1[c-]cccc1.[Ru+2]. The van der Waals surface area contributed by atoms with E-state index in [0.29, 0.717) is 5.56 Å². The summed E-state index contributed by atoms with van der Waals surface area (Å²) in [6.45, 7) is 1.97. The van der Waals surface area contributed by atoms with Crippen molar-refractivity contribution in [3.63, 3.8) is 0 Å². The Kier molecular flexibility index (Phi) is 8.79. The molecule has 0 bridgehead atoms. The molecule has 8 heteroatoms. The number of benzene rings is 3. The molecule has 1 N–H and O–H groups in total. The van der Waals surface area contributed by atoms with E-state index in [9.17, 15) is 20.2 Å². The molecule has 3 aromatic carbocycles. The van der Waals surface area contributed by atoms with Crippen LogP contribution in [0, 0.1) is 44.7 Å². The molecule has 0 amide bonds. The number of nitro benzene ring substituents is 2. The van der Waals surface area contributed by atoms with Gasteiger partial charge in [-0.25, -0.2) is 0 Å². The van der Waals surface area contributed by atoms with Crippen molar-refractivity contribution in [2.24, 2.45) is 0 Å². The van der Waals surface area contributed by atoms with Gasteiger partial charge in [-0.15, -0.1) is 23.8 Å². The molecular weight excluding hydrogens is 447 g/mol. The van der Waals surface area contributed by atoms with Crippen LogP contribution in [0.1, 0.15) is 16.7 Å². The maximum atomic E-state index is 10.7. The van der Waals surface area contributed by atoms with Crippen molar-refractivity contribution in [2.45, 2.75) is 6.92 Å². The van der Waals surface area contributed by atoms with Gasteiger partial charge in [0.2, 0.25) is 0 Å². The summed E-state index contributed by atoms with van der Waals surface area (Å²) in [5, 5.41) is 28.7. The average molecular weight is 462 g/mol. The molecule has 0 fully saturated rings. The van der Waals surface area contributed by atoms with Crippen LogP contribution in [0.3, 0.4) is 0 Å². The molecule has 0 atom stereocenters. The molecule has 0 saturated carbocycles. The molecule has 0 aliphatic rings. The van der Waals surface area contributed by atoms with Gasteiger partial charge in [-0.05, 0) is 18.2 Å². The third-order valence-electron chi connectivity index (χ3n) is 3.49. The Morgan fingerprint density at radius 1 is 0.929 bits per heavy atom. The van der Waals surface area contributed by atoms with Crippen LogP contribution in [0.2, 0.25) is 0 Å². The summed E-state index contributed by atoms with van der Waals surface area (Å²) < 4.78 is 0. The second-order valence-electron chi connectivity index (χ2n) is 5.46. The van der Waals surface area contributed by atoms with Crippen LogP contribution in [0.5, 0.6) is 0 Å². The quantitative estimate of drug-likeness (QED) is 0.202. The number of nitro groups is 2. The summed E-state index contributed by atoms with van der Waals surface area (Å²) in [6, 6.07) is 23.2. The number of non-ortho nitro benzene ring substituents is 2. The monoisotopic (exact) mass is 463 g/mol. The minimum Gasteiger partial charge on any atom is -0.348 e. The van der Waals surface area contributed by atoms with Gasteiger partial charge in [0.25, 0.3) is 0 Å². The minimum atomic E-state index is -0.472. The van der Waals surface area contributed by atoms with Crippen LogP contribution in [0.4, 0.5) is 11.4 Å². The van der Waals surface area contributed by atoms with Gasteiger partial charge in [-0.3, -0.25) is 20.2 Å². The van der Waals surface area contributed by atoms with Gasteiger partial charge < -0.3 is 5.41 Å². The number of aryl methyl sites for hydroxylation is 1.